The lowest BCUT2D eigenvalue weighted by atomic mass is 10.1. The van der Waals surface area contributed by atoms with Gasteiger partial charge in [-0.3, -0.25) is 4.98 Å². The lowest BCUT2D eigenvalue weighted by molar-refractivity contribution is 0.419. The van der Waals surface area contributed by atoms with Crippen molar-refractivity contribution in [2.24, 2.45) is 5.73 Å². The van der Waals surface area contributed by atoms with Gasteiger partial charge < -0.3 is 10.5 Å². The lowest BCUT2D eigenvalue weighted by Crippen LogP contribution is -2.11. The van der Waals surface area contributed by atoms with E-state index in [1.807, 2.05) is 36.4 Å². The smallest absolute Gasteiger partial charge is 0.146 e. The predicted octanol–water partition coefficient (Wildman–Crippen LogP) is 4.42. The van der Waals surface area contributed by atoms with Crippen LogP contribution in [0.3, 0.4) is 0 Å². The van der Waals surface area contributed by atoms with Gasteiger partial charge in [0.25, 0.3) is 0 Å². The van der Waals surface area contributed by atoms with Gasteiger partial charge in [0.15, 0.2) is 0 Å². The Morgan fingerprint density at radius 1 is 1.00 bits per heavy atom. The number of methoxy groups -OCH3 is 1. The molecule has 0 radical (unpaired) electrons. The molecule has 2 aromatic heterocycles. The van der Waals surface area contributed by atoms with Crippen LogP contribution in [0.4, 0.5) is 0 Å². The topological polar surface area (TPSA) is 61.0 Å². The first-order valence-corrected chi connectivity index (χ1v) is 8.78. The van der Waals surface area contributed by atoms with Gasteiger partial charge in [0.1, 0.15) is 16.3 Å². The Kier molecular flexibility index (Phi) is 4.17. The summed E-state index contributed by atoms with van der Waals surface area (Å²) in [7, 11) is 1.67. The van der Waals surface area contributed by atoms with Crippen molar-refractivity contribution in [2.45, 2.75) is 6.04 Å². The molecule has 2 heterocycles. The van der Waals surface area contributed by atoms with E-state index in [0.717, 1.165) is 37.7 Å². The van der Waals surface area contributed by atoms with E-state index in [0.29, 0.717) is 0 Å². The maximum atomic E-state index is 6.44. The van der Waals surface area contributed by atoms with E-state index in [2.05, 4.69) is 23.2 Å². The second kappa shape index (κ2) is 6.63. The number of fused-ring (bicyclic) bond motifs is 1. The molecule has 4 rings (SSSR count). The fraction of sp³-hybridized carbons (Fsp3) is 0.100. The van der Waals surface area contributed by atoms with Crippen molar-refractivity contribution in [1.82, 2.24) is 9.97 Å². The molecule has 0 bridgehead atoms. The Balaban J connectivity index is 1.89. The minimum absolute atomic E-state index is 0.284. The fourth-order valence-electron chi connectivity index (χ4n) is 2.86. The third-order valence-corrected chi connectivity index (χ3v) is 5.33. The van der Waals surface area contributed by atoms with Crippen LogP contribution in [0.25, 0.3) is 21.3 Å². The molecular weight excluding hydrogens is 330 g/mol. The monoisotopic (exact) mass is 347 g/mol. The molecule has 4 nitrogen and oxygen atoms in total. The Morgan fingerprint density at radius 2 is 1.76 bits per heavy atom. The van der Waals surface area contributed by atoms with Gasteiger partial charge in [0.2, 0.25) is 0 Å². The van der Waals surface area contributed by atoms with E-state index in [1.165, 1.54) is 0 Å². The van der Waals surface area contributed by atoms with Crippen LogP contribution in [0.1, 0.15) is 16.6 Å². The third-order valence-electron chi connectivity index (χ3n) is 4.16. The first-order valence-electron chi connectivity index (χ1n) is 7.96. The fourth-order valence-corrected chi connectivity index (χ4v) is 4.00. The van der Waals surface area contributed by atoms with Crippen LogP contribution in [0.2, 0.25) is 0 Å². The quantitative estimate of drug-likeness (QED) is 0.594. The molecule has 0 aliphatic heterocycles. The molecule has 1 atom stereocenters. The highest BCUT2D eigenvalue weighted by Gasteiger charge is 2.18. The molecule has 0 saturated heterocycles. The molecule has 0 saturated carbocycles. The van der Waals surface area contributed by atoms with Gasteiger partial charge in [-0.25, -0.2) is 4.98 Å². The largest absolute Gasteiger partial charge is 0.494 e. The zero-order chi connectivity index (χ0) is 17.2. The van der Waals surface area contributed by atoms with Gasteiger partial charge in [-0.05, 0) is 35.4 Å². The first-order chi connectivity index (χ1) is 12.3. The molecule has 0 aliphatic carbocycles. The van der Waals surface area contributed by atoms with E-state index in [9.17, 15) is 0 Å². The zero-order valence-corrected chi connectivity index (χ0v) is 14.5. The predicted molar refractivity (Wildman–Crippen MR) is 102 cm³/mol. The maximum absolute atomic E-state index is 6.44. The van der Waals surface area contributed by atoms with Gasteiger partial charge in [0.05, 0.1) is 17.9 Å². The van der Waals surface area contributed by atoms with Gasteiger partial charge in [-0.2, -0.15) is 0 Å². The van der Waals surface area contributed by atoms with Crippen molar-refractivity contribution in [1.29, 1.82) is 0 Å². The van der Waals surface area contributed by atoms with Crippen molar-refractivity contribution < 1.29 is 4.74 Å². The summed E-state index contributed by atoms with van der Waals surface area (Å²) in [5.74, 6) is 0.763. The number of hydrogen-bond donors (Lipinski definition) is 1. The minimum Gasteiger partial charge on any atom is -0.494 e. The van der Waals surface area contributed by atoms with Crippen molar-refractivity contribution in [2.75, 3.05) is 7.11 Å². The average Bonchev–Trinajstić information content (AvgIpc) is 3.13. The van der Waals surface area contributed by atoms with Crippen LogP contribution in [0.5, 0.6) is 5.75 Å². The summed E-state index contributed by atoms with van der Waals surface area (Å²) < 4.78 is 6.60. The van der Waals surface area contributed by atoms with Gasteiger partial charge in [-0.1, -0.05) is 30.3 Å². The van der Waals surface area contributed by atoms with Crippen LogP contribution >= 0.6 is 11.3 Å². The number of benzene rings is 2. The average molecular weight is 347 g/mol. The molecule has 0 amide bonds. The molecule has 2 aromatic carbocycles. The summed E-state index contributed by atoms with van der Waals surface area (Å²) in [6.07, 6.45) is 3.50. The van der Waals surface area contributed by atoms with E-state index in [1.54, 1.807) is 30.8 Å². The number of nitrogens with zero attached hydrogens (tertiary/aromatic N) is 2. The summed E-state index contributed by atoms with van der Waals surface area (Å²) in [6, 6.07) is 17.9. The van der Waals surface area contributed by atoms with E-state index in [4.69, 9.17) is 15.5 Å². The normalized spacial score (nSPS) is 12.2. The lowest BCUT2D eigenvalue weighted by Gasteiger charge is -2.07. The van der Waals surface area contributed by atoms with Gasteiger partial charge in [0, 0.05) is 18.0 Å². The van der Waals surface area contributed by atoms with Crippen molar-refractivity contribution >= 4 is 21.6 Å². The molecule has 0 fully saturated rings. The van der Waals surface area contributed by atoms with Gasteiger partial charge >= 0.3 is 0 Å². The highest BCUT2D eigenvalue weighted by atomic mass is 32.1. The number of rotatable bonds is 4. The van der Waals surface area contributed by atoms with E-state index in [-0.39, 0.29) is 6.04 Å². The summed E-state index contributed by atoms with van der Waals surface area (Å²) >= 11 is 1.61. The van der Waals surface area contributed by atoms with E-state index < -0.39 is 0 Å². The standard InChI is InChI=1S/C20H17N3OS/c1-24-16-8-7-15(13-5-3-2-4-6-13)19-18(16)23-20(25-19)17(21)14-9-11-22-12-10-14/h2-12,17H,21H2,1H3. The number of thiazole rings is 1. The Hall–Kier alpha value is -2.76. The summed E-state index contributed by atoms with van der Waals surface area (Å²) in [4.78, 5) is 8.85. The summed E-state index contributed by atoms with van der Waals surface area (Å²) in [5.41, 5.74) is 10.6. The highest BCUT2D eigenvalue weighted by molar-refractivity contribution is 7.19. The Labute approximate surface area is 149 Å². The molecule has 1 unspecified atom stereocenters. The van der Waals surface area contributed by atoms with Crippen LogP contribution in [0.15, 0.2) is 67.0 Å². The van der Waals surface area contributed by atoms with Crippen molar-refractivity contribution in [3.05, 3.63) is 77.6 Å². The Bertz CT molecular complexity index is 1000. The van der Waals surface area contributed by atoms with E-state index >= 15 is 0 Å². The zero-order valence-electron chi connectivity index (χ0n) is 13.7. The highest BCUT2D eigenvalue weighted by Crippen LogP contribution is 2.39. The minimum atomic E-state index is -0.284. The SMILES string of the molecule is COc1ccc(-c2ccccc2)c2sc(C(N)c3ccncc3)nc12. The second-order valence-corrected chi connectivity index (χ2v) is 6.70. The van der Waals surface area contributed by atoms with Crippen LogP contribution in [-0.2, 0) is 0 Å². The van der Waals surface area contributed by atoms with Crippen LogP contribution in [-0.4, -0.2) is 17.1 Å². The van der Waals surface area contributed by atoms with Crippen LogP contribution < -0.4 is 10.5 Å². The summed E-state index contributed by atoms with van der Waals surface area (Å²) in [6.45, 7) is 0. The number of nitrogens with two attached hydrogens (primary N) is 1. The molecule has 2 N–H and O–H groups in total. The molecular formula is C20H17N3OS. The molecule has 0 aliphatic rings. The molecule has 124 valence electrons. The van der Waals surface area contributed by atoms with Gasteiger partial charge in [-0.15, -0.1) is 11.3 Å². The van der Waals surface area contributed by atoms with Crippen LogP contribution in [0, 0.1) is 0 Å². The Morgan fingerprint density at radius 3 is 2.48 bits per heavy atom. The first kappa shape index (κ1) is 15.7. The number of aromatic nitrogens is 2. The summed E-state index contributed by atoms with van der Waals surface area (Å²) in [5, 5.41) is 0.864. The van der Waals surface area contributed by atoms with Crippen molar-refractivity contribution in [3.63, 3.8) is 0 Å². The van der Waals surface area contributed by atoms with Crippen molar-refractivity contribution in [3.8, 4) is 16.9 Å². The molecule has 25 heavy (non-hydrogen) atoms. The number of hydrogen-bond acceptors (Lipinski definition) is 5. The second-order valence-electron chi connectivity index (χ2n) is 5.67. The maximum Gasteiger partial charge on any atom is 0.146 e. The number of ether oxygens (including phenoxy) is 1. The third kappa shape index (κ3) is 2.88. The number of pyridine rings is 1. The molecule has 4 aromatic rings. The molecule has 5 heteroatoms. The molecule has 0 spiro atoms.